The lowest BCUT2D eigenvalue weighted by atomic mass is 10.1. The van der Waals surface area contributed by atoms with E-state index in [1.807, 2.05) is 0 Å². The van der Waals surface area contributed by atoms with Gasteiger partial charge in [0.25, 0.3) is 11.5 Å². The highest BCUT2D eigenvalue weighted by Crippen LogP contribution is 2.31. The Morgan fingerprint density at radius 1 is 1.19 bits per heavy atom. The van der Waals surface area contributed by atoms with Gasteiger partial charge in [-0.1, -0.05) is 17.7 Å². The number of hydrogen-bond acceptors (Lipinski definition) is 5. The highest BCUT2D eigenvalue weighted by atomic mass is 35.5. The van der Waals surface area contributed by atoms with E-state index in [9.17, 15) is 9.59 Å². The summed E-state index contributed by atoms with van der Waals surface area (Å²) in [6.45, 7) is 1.73. The first-order valence-electron chi connectivity index (χ1n) is 7.94. The summed E-state index contributed by atoms with van der Waals surface area (Å²) in [4.78, 5) is 38.0. The Kier molecular flexibility index (Phi) is 3.81. The molecule has 1 aliphatic heterocycles. The van der Waals surface area contributed by atoms with Crippen molar-refractivity contribution >= 4 is 17.5 Å². The third kappa shape index (κ3) is 2.48. The Morgan fingerprint density at radius 2 is 2.04 bits per heavy atom. The van der Waals surface area contributed by atoms with Gasteiger partial charge in [-0.15, -0.1) is 0 Å². The predicted molar refractivity (Wildman–Crippen MR) is 95.0 cm³/mol. The molecule has 0 spiro atoms. The molecule has 0 bridgehead atoms. The first-order valence-corrected chi connectivity index (χ1v) is 8.32. The molecule has 8 heteroatoms. The summed E-state index contributed by atoms with van der Waals surface area (Å²) in [6.07, 6.45) is 4.93. The second kappa shape index (κ2) is 6.03. The van der Waals surface area contributed by atoms with Crippen LogP contribution in [0.25, 0.3) is 0 Å². The zero-order chi connectivity index (χ0) is 18.3. The molecular weight excluding hydrogens is 354 g/mol. The van der Waals surface area contributed by atoms with Gasteiger partial charge in [0.2, 0.25) is 0 Å². The highest BCUT2D eigenvalue weighted by molar-refractivity contribution is 6.33. The van der Waals surface area contributed by atoms with E-state index in [0.717, 1.165) is 0 Å². The second-order valence-corrected chi connectivity index (χ2v) is 6.53. The van der Waals surface area contributed by atoms with Crippen LogP contribution >= 0.6 is 11.6 Å². The molecule has 0 radical (unpaired) electrons. The molecule has 1 amide bonds. The first-order chi connectivity index (χ1) is 12.5. The summed E-state index contributed by atoms with van der Waals surface area (Å²) < 4.78 is 1.39. The third-order valence-corrected chi connectivity index (χ3v) is 4.71. The maximum atomic E-state index is 13.2. The summed E-state index contributed by atoms with van der Waals surface area (Å²) in [5.41, 5.74) is 0.382. The van der Waals surface area contributed by atoms with Gasteiger partial charge in [-0.25, -0.2) is 9.97 Å². The molecule has 0 aliphatic carbocycles. The van der Waals surface area contributed by atoms with Crippen LogP contribution in [0.4, 0.5) is 0 Å². The molecule has 1 unspecified atom stereocenters. The standard InChI is InChI=1S/C18H14ClN5O2/c1-18(14-4-2-3-6-21-14)23-16(25)15-13(19)9-11(17(26)24(15)18)8-12-5-7-20-10-22-12/h2-7,9-10H,8H2,1H3,(H,23,25). The Morgan fingerprint density at radius 3 is 2.73 bits per heavy atom. The van der Waals surface area contributed by atoms with Gasteiger partial charge < -0.3 is 5.32 Å². The van der Waals surface area contributed by atoms with Crippen molar-refractivity contribution in [3.8, 4) is 0 Å². The highest BCUT2D eigenvalue weighted by Gasteiger charge is 2.43. The molecule has 130 valence electrons. The van der Waals surface area contributed by atoms with Gasteiger partial charge in [-0.3, -0.25) is 19.1 Å². The van der Waals surface area contributed by atoms with E-state index in [1.165, 1.54) is 17.0 Å². The van der Waals surface area contributed by atoms with Crippen LogP contribution in [0.3, 0.4) is 0 Å². The predicted octanol–water partition coefficient (Wildman–Crippen LogP) is 1.74. The van der Waals surface area contributed by atoms with E-state index >= 15 is 0 Å². The van der Waals surface area contributed by atoms with Crippen molar-refractivity contribution in [2.45, 2.75) is 19.0 Å². The summed E-state index contributed by atoms with van der Waals surface area (Å²) in [5.74, 6) is -0.408. The van der Waals surface area contributed by atoms with Gasteiger partial charge in [0.15, 0.2) is 5.66 Å². The van der Waals surface area contributed by atoms with Crippen molar-refractivity contribution < 1.29 is 4.79 Å². The number of fused-ring (bicyclic) bond motifs is 1. The third-order valence-electron chi connectivity index (χ3n) is 4.43. The molecule has 0 saturated carbocycles. The lowest BCUT2D eigenvalue weighted by molar-refractivity contribution is 0.0940. The lowest BCUT2D eigenvalue weighted by Crippen LogP contribution is -2.46. The zero-order valence-corrected chi connectivity index (χ0v) is 14.6. The summed E-state index contributed by atoms with van der Waals surface area (Å²) >= 11 is 6.35. The summed E-state index contributed by atoms with van der Waals surface area (Å²) in [7, 11) is 0. The van der Waals surface area contributed by atoms with Crippen LogP contribution < -0.4 is 10.9 Å². The topological polar surface area (TPSA) is 89.8 Å². The molecule has 3 aromatic heterocycles. The number of nitrogens with one attached hydrogen (secondary N) is 1. The van der Waals surface area contributed by atoms with Crippen LogP contribution in [0, 0.1) is 0 Å². The van der Waals surface area contributed by atoms with E-state index in [2.05, 4.69) is 20.3 Å². The van der Waals surface area contributed by atoms with Gasteiger partial charge >= 0.3 is 0 Å². The number of nitrogens with zero attached hydrogens (tertiary/aromatic N) is 4. The Hall–Kier alpha value is -3.06. The maximum Gasteiger partial charge on any atom is 0.271 e. The van der Waals surface area contributed by atoms with Crippen LogP contribution in [-0.2, 0) is 12.1 Å². The molecule has 0 saturated heterocycles. The Labute approximate surface area is 153 Å². The van der Waals surface area contributed by atoms with Crippen LogP contribution in [0.2, 0.25) is 5.02 Å². The second-order valence-electron chi connectivity index (χ2n) is 6.13. The van der Waals surface area contributed by atoms with Gasteiger partial charge in [-0.2, -0.15) is 0 Å². The number of rotatable bonds is 3. The van der Waals surface area contributed by atoms with E-state index in [1.54, 1.807) is 43.6 Å². The zero-order valence-electron chi connectivity index (χ0n) is 13.8. The molecule has 4 heterocycles. The fourth-order valence-electron chi connectivity index (χ4n) is 3.18. The molecule has 1 aliphatic rings. The smallest absolute Gasteiger partial charge is 0.271 e. The number of carbonyl (C=O) groups is 1. The van der Waals surface area contributed by atoms with Crippen LogP contribution in [0.15, 0.2) is 53.8 Å². The molecule has 0 fully saturated rings. The summed E-state index contributed by atoms with van der Waals surface area (Å²) in [6, 6.07) is 8.59. The van der Waals surface area contributed by atoms with Crippen molar-refractivity contribution in [3.05, 3.63) is 87.1 Å². The SMILES string of the molecule is CC1(c2ccccn2)NC(=O)c2c(Cl)cc(Cc3ccncn3)c(=O)n21. The average Bonchev–Trinajstić information content (AvgIpc) is 2.93. The molecule has 4 rings (SSSR count). The van der Waals surface area contributed by atoms with Crippen LogP contribution in [-0.4, -0.2) is 25.4 Å². The first kappa shape index (κ1) is 16.4. The van der Waals surface area contributed by atoms with Crippen molar-refractivity contribution in [2.75, 3.05) is 0 Å². The molecular formula is C18H14ClN5O2. The van der Waals surface area contributed by atoms with Gasteiger partial charge in [0.05, 0.1) is 10.7 Å². The Bertz CT molecular complexity index is 1050. The van der Waals surface area contributed by atoms with Gasteiger partial charge in [0.1, 0.15) is 12.0 Å². The monoisotopic (exact) mass is 367 g/mol. The number of aromatic nitrogens is 4. The van der Waals surface area contributed by atoms with Gasteiger partial charge in [0, 0.05) is 30.1 Å². The van der Waals surface area contributed by atoms with Crippen molar-refractivity contribution in [3.63, 3.8) is 0 Å². The molecule has 1 atom stereocenters. The molecule has 26 heavy (non-hydrogen) atoms. The van der Waals surface area contributed by atoms with E-state index < -0.39 is 11.6 Å². The number of halogens is 1. The maximum absolute atomic E-state index is 13.2. The number of amides is 1. The van der Waals surface area contributed by atoms with Crippen molar-refractivity contribution in [1.29, 1.82) is 0 Å². The molecule has 1 N–H and O–H groups in total. The summed E-state index contributed by atoms with van der Waals surface area (Å²) in [5, 5.41) is 3.05. The lowest BCUT2D eigenvalue weighted by Gasteiger charge is -2.26. The van der Waals surface area contributed by atoms with E-state index in [-0.39, 0.29) is 22.7 Å². The fourth-order valence-corrected chi connectivity index (χ4v) is 3.48. The number of pyridine rings is 2. The van der Waals surface area contributed by atoms with Crippen LogP contribution in [0.5, 0.6) is 0 Å². The molecule has 0 aromatic carbocycles. The molecule has 7 nitrogen and oxygen atoms in total. The van der Waals surface area contributed by atoms with Gasteiger partial charge in [-0.05, 0) is 31.2 Å². The fraction of sp³-hybridized carbons (Fsp3) is 0.167. The van der Waals surface area contributed by atoms with Crippen molar-refractivity contribution in [2.24, 2.45) is 0 Å². The van der Waals surface area contributed by atoms with Crippen LogP contribution in [0.1, 0.15) is 34.4 Å². The quantitative estimate of drug-likeness (QED) is 0.761. The van der Waals surface area contributed by atoms with E-state index in [4.69, 9.17) is 11.6 Å². The number of carbonyl (C=O) groups excluding carboxylic acids is 1. The average molecular weight is 368 g/mol. The Balaban J connectivity index is 1.92. The minimum absolute atomic E-state index is 0.135. The minimum atomic E-state index is -1.11. The van der Waals surface area contributed by atoms with E-state index in [0.29, 0.717) is 17.0 Å². The largest absolute Gasteiger partial charge is 0.323 e. The number of hydrogen-bond donors (Lipinski definition) is 1. The van der Waals surface area contributed by atoms with Crippen molar-refractivity contribution in [1.82, 2.24) is 24.8 Å². The molecule has 3 aromatic rings. The minimum Gasteiger partial charge on any atom is -0.323 e. The normalized spacial score (nSPS) is 18.5.